The lowest BCUT2D eigenvalue weighted by atomic mass is 10.3. The number of rotatable bonds is 5. The van der Waals surface area contributed by atoms with Crippen molar-refractivity contribution in [1.82, 2.24) is 25.0 Å². The summed E-state index contributed by atoms with van der Waals surface area (Å²) in [5.41, 5.74) is 0.984. The maximum Gasteiger partial charge on any atom is 0.226 e. The van der Waals surface area contributed by atoms with E-state index in [1.165, 1.54) is 11.8 Å². The summed E-state index contributed by atoms with van der Waals surface area (Å²) < 4.78 is 7.18. The number of thioether (sulfide) groups is 1. The maximum atomic E-state index is 5.44. The van der Waals surface area contributed by atoms with Gasteiger partial charge in [-0.1, -0.05) is 36.9 Å². The summed E-state index contributed by atoms with van der Waals surface area (Å²) in [5, 5.41) is 13.0. The molecule has 3 rings (SSSR count). The Morgan fingerprint density at radius 1 is 1.15 bits per heavy atom. The molecule has 1 aromatic carbocycles. The maximum absolute atomic E-state index is 5.44. The Morgan fingerprint density at radius 2 is 1.95 bits per heavy atom. The van der Waals surface area contributed by atoms with Crippen molar-refractivity contribution in [1.29, 1.82) is 0 Å². The van der Waals surface area contributed by atoms with Gasteiger partial charge in [-0.25, -0.2) is 9.67 Å². The molecule has 0 N–H and O–H groups in total. The largest absolute Gasteiger partial charge is 0.424 e. The molecule has 2 heterocycles. The van der Waals surface area contributed by atoms with E-state index in [9.17, 15) is 0 Å². The van der Waals surface area contributed by atoms with E-state index in [4.69, 9.17) is 4.42 Å². The second-order valence-corrected chi connectivity index (χ2v) is 4.98. The highest BCUT2D eigenvalue weighted by Crippen LogP contribution is 2.19. The summed E-state index contributed by atoms with van der Waals surface area (Å²) in [6.07, 6.45) is 2.45. The molecule has 0 radical (unpaired) electrons. The van der Waals surface area contributed by atoms with Crippen LogP contribution in [-0.4, -0.2) is 25.0 Å². The molecular weight excluding hydrogens is 274 g/mol. The lowest BCUT2D eigenvalue weighted by Crippen LogP contribution is -1.93. The summed E-state index contributed by atoms with van der Waals surface area (Å²) in [6.45, 7) is 1.98. The van der Waals surface area contributed by atoms with Crippen molar-refractivity contribution >= 4 is 11.8 Å². The zero-order valence-electron chi connectivity index (χ0n) is 10.9. The molecule has 3 aromatic rings. The molecule has 0 atom stereocenters. The first-order valence-electron chi connectivity index (χ1n) is 6.26. The fourth-order valence-electron chi connectivity index (χ4n) is 1.63. The highest BCUT2D eigenvalue weighted by molar-refractivity contribution is 7.98. The zero-order chi connectivity index (χ0) is 13.8. The van der Waals surface area contributed by atoms with E-state index in [2.05, 4.69) is 20.3 Å². The van der Waals surface area contributed by atoms with Crippen LogP contribution in [0.5, 0.6) is 0 Å². The summed E-state index contributed by atoms with van der Waals surface area (Å²) in [5.74, 6) is 1.83. The highest BCUT2D eigenvalue weighted by Gasteiger charge is 2.08. The molecule has 0 saturated carbocycles. The molecule has 0 aliphatic heterocycles. The van der Waals surface area contributed by atoms with Gasteiger partial charge in [0.1, 0.15) is 6.33 Å². The van der Waals surface area contributed by atoms with Gasteiger partial charge in [-0.2, -0.15) is 0 Å². The van der Waals surface area contributed by atoms with E-state index in [-0.39, 0.29) is 0 Å². The Balaban J connectivity index is 1.65. The van der Waals surface area contributed by atoms with E-state index in [0.717, 1.165) is 12.1 Å². The molecule has 0 aliphatic rings. The molecule has 0 saturated heterocycles. The minimum absolute atomic E-state index is 0.575. The van der Waals surface area contributed by atoms with Crippen molar-refractivity contribution in [2.24, 2.45) is 0 Å². The summed E-state index contributed by atoms with van der Waals surface area (Å²) in [6, 6.07) is 9.86. The molecule has 102 valence electrons. The predicted molar refractivity (Wildman–Crippen MR) is 74.6 cm³/mol. The third-order valence-corrected chi connectivity index (χ3v) is 3.46. The molecule has 0 fully saturated rings. The average molecular weight is 287 g/mol. The number of aromatic nitrogens is 5. The van der Waals surface area contributed by atoms with Gasteiger partial charge in [0.25, 0.3) is 0 Å². The second-order valence-electron chi connectivity index (χ2n) is 4.04. The summed E-state index contributed by atoms with van der Waals surface area (Å²) in [4.78, 5) is 4.26. The Labute approximate surface area is 120 Å². The predicted octanol–water partition coefficient (Wildman–Crippen LogP) is 2.51. The lowest BCUT2D eigenvalue weighted by molar-refractivity contribution is 0.470. The van der Waals surface area contributed by atoms with E-state index in [1.54, 1.807) is 11.0 Å². The first-order chi connectivity index (χ1) is 9.85. The van der Waals surface area contributed by atoms with Crippen LogP contribution in [0.25, 0.3) is 5.69 Å². The van der Waals surface area contributed by atoms with Crippen molar-refractivity contribution < 1.29 is 4.42 Å². The smallest absolute Gasteiger partial charge is 0.226 e. The van der Waals surface area contributed by atoms with Crippen LogP contribution in [0.1, 0.15) is 18.7 Å². The number of hydrogen-bond acceptors (Lipinski definition) is 6. The van der Waals surface area contributed by atoms with Gasteiger partial charge in [0.2, 0.25) is 16.9 Å². The van der Waals surface area contributed by atoms with Gasteiger partial charge in [0.15, 0.2) is 0 Å². The minimum Gasteiger partial charge on any atom is -0.424 e. The third-order valence-electron chi connectivity index (χ3n) is 2.63. The molecule has 0 amide bonds. The van der Waals surface area contributed by atoms with Crippen LogP contribution in [0.4, 0.5) is 0 Å². The zero-order valence-corrected chi connectivity index (χ0v) is 11.7. The van der Waals surface area contributed by atoms with Gasteiger partial charge in [0.05, 0.1) is 11.4 Å². The minimum atomic E-state index is 0.575. The molecule has 0 aliphatic carbocycles. The Hall–Kier alpha value is -2.15. The number of para-hydroxylation sites is 1. The van der Waals surface area contributed by atoms with Crippen LogP contribution in [-0.2, 0) is 12.2 Å². The standard InChI is InChI=1S/C13H13N5OS/c1-2-11-15-16-12(19-11)8-20-13-14-9-18(17-13)10-6-4-3-5-7-10/h3-7,9H,2,8H2,1H3. The fourth-order valence-corrected chi connectivity index (χ4v) is 2.27. The first kappa shape index (κ1) is 12.9. The number of benzene rings is 1. The van der Waals surface area contributed by atoms with Gasteiger partial charge in [-0.15, -0.1) is 15.3 Å². The number of nitrogens with zero attached hydrogens (tertiary/aromatic N) is 5. The molecule has 7 heteroatoms. The number of aryl methyl sites for hydroxylation is 1. The Kier molecular flexibility index (Phi) is 3.78. The van der Waals surface area contributed by atoms with Crippen molar-refractivity contribution in [3.63, 3.8) is 0 Å². The summed E-state index contributed by atoms with van der Waals surface area (Å²) >= 11 is 1.47. The highest BCUT2D eigenvalue weighted by atomic mass is 32.2. The Bertz CT molecular complexity index is 679. The van der Waals surface area contributed by atoms with Crippen LogP contribution < -0.4 is 0 Å². The molecule has 2 aromatic heterocycles. The van der Waals surface area contributed by atoms with Crippen molar-refractivity contribution in [2.75, 3.05) is 0 Å². The molecule has 20 heavy (non-hydrogen) atoms. The van der Waals surface area contributed by atoms with Gasteiger partial charge < -0.3 is 4.42 Å². The molecular formula is C13H13N5OS. The van der Waals surface area contributed by atoms with E-state index >= 15 is 0 Å². The van der Waals surface area contributed by atoms with E-state index in [1.807, 2.05) is 37.3 Å². The van der Waals surface area contributed by atoms with Crippen molar-refractivity contribution in [3.8, 4) is 5.69 Å². The summed E-state index contributed by atoms with van der Waals surface area (Å²) in [7, 11) is 0. The SMILES string of the molecule is CCc1nnc(CSc2ncn(-c3ccccc3)n2)o1. The van der Waals surface area contributed by atoms with Gasteiger partial charge in [-0.05, 0) is 12.1 Å². The van der Waals surface area contributed by atoms with E-state index in [0.29, 0.717) is 22.7 Å². The molecule has 6 nitrogen and oxygen atoms in total. The van der Waals surface area contributed by atoms with Crippen molar-refractivity contribution in [3.05, 3.63) is 48.4 Å². The molecule has 0 unspecified atom stereocenters. The van der Waals surface area contributed by atoms with E-state index < -0.39 is 0 Å². The van der Waals surface area contributed by atoms with Gasteiger partial charge >= 0.3 is 0 Å². The fraction of sp³-hybridized carbons (Fsp3) is 0.231. The Morgan fingerprint density at radius 3 is 2.70 bits per heavy atom. The van der Waals surface area contributed by atoms with Crippen LogP contribution in [0.15, 0.2) is 46.2 Å². The molecule has 0 bridgehead atoms. The van der Waals surface area contributed by atoms with Crippen LogP contribution in [0, 0.1) is 0 Å². The van der Waals surface area contributed by atoms with Crippen LogP contribution >= 0.6 is 11.8 Å². The lowest BCUT2D eigenvalue weighted by Gasteiger charge is -1.97. The van der Waals surface area contributed by atoms with Crippen LogP contribution in [0.3, 0.4) is 0 Å². The second kappa shape index (κ2) is 5.87. The quantitative estimate of drug-likeness (QED) is 0.671. The third kappa shape index (κ3) is 2.88. The topological polar surface area (TPSA) is 69.6 Å². The number of hydrogen-bond donors (Lipinski definition) is 0. The average Bonchev–Trinajstić information content (AvgIpc) is 3.15. The van der Waals surface area contributed by atoms with Crippen molar-refractivity contribution in [2.45, 2.75) is 24.3 Å². The van der Waals surface area contributed by atoms with Gasteiger partial charge in [0, 0.05) is 6.42 Å². The monoisotopic (exact) mass is 287 g/mol. The first-order valence-corrected chi connectivity index (χ1v) is 7.25. The van der Waals surface area contributed by atoms with Gasteiger partial charge in [-0.3, -0.25) is 0 Å². The normalized spacial score (nSPS) is 10.8. The molecule has 0 spiro atoms. The van der Waals surface area contributed by atoms with Crippen LogP contribution in [0.2, 0.25) is 0 Å².